The van der Waals surface area contributed by atoms with Gasteiger partial charge in [-0.3, -0.25) is 0 Å². The highest BCUT2D eigenvalue weighted by Crippen LogP contribution is 2.53. The van der Waals surface area contributed by atoms with Crippen molar-refractivity contribution >= 4 is 39.2 Å². The maximum Gasteiger partial charge on any atom is 0.347 e. The standard InChI is InChI=1S/C7H15Cl3Si/c1-4-7(5-2,6-3)11(8,9)10/h4-6H2,1-3H3. The highest BCUT2D eigenvalue weighted by molar-refractivity contribution is 7.65. The lowest BCUT2D eigenvalue weighted by Gasteiger charge is -2.35. The van der Waals surface area contributed by atoms with Gasteiger partial charge in [0, 0.05) is 5.04 Å². The Labute approximate surface area is 84.3 Å². The highest BCUT2D eigenvalue weighted by atomic mass is 35.8. The van der Waals surface area contributed by atoms with Gasteiger partial charge in [-0.25, -0.2) is 0 Å². The van der Waals surface area contributed by atoms with Crippen LogP contribution in [0.4, 0.5) is 0 Å². The van der Waals surface area contributed by atoms with Gasteiger partial charge in [0.2, 0.25) is 0 Å². The molecule has 11 heavy (non-hydrogen) atoms. The second-order valence-electron chi connectivity index (χ2n) is 2.84. The predicted molar refractivity (Wildman–Crippen MR) is 56.9 cm³/mol. The number of hydrogen-bond acceptors (Lipinski definition) is 0. The average Bonchev–Trinajstić information content (AvgIpc) is 1.90. The Morgan fingerprint density at radius 3 is 1.18 bits per heavy atom. The van der Waals surface area contributed by atoms with Gasteiger partial charge in [-0.1, -0.05) is 20.8 Å². The summed E-state index contributed by atoms with van der Waals surface area (Å²) in [4.78, 5) is 0. The maximum atomic E-state index is 6.03. The minimum absolute atomic E-state index is 0.00231. The summed E-state index contributed by atoms with van der Waals surface area (Å²) in [6.07, 6.45) is 2.92. The molecule has 0 aliphatic heterocycles. The Bertz CT molecular complexity index is 107. The van der Waals surface area contributed by atoms with Gasteiger partial charge in [0.1, 0.15) is 0 Å². The number of halogens is 3. The molecule has 0 bridgehead atoms. The second-order valence-corrected chi connectivity index (χ2v) is 11.7. The molecule has 0 saturated heterocycles. The lowest BCUT2D eigenvalue weighted by atomic mass is 9.99. The van der Waals surface area contributed by atoms with E-state index in [0.29, 0.717) is 0 Å². The SMILES string of the molecule is CCC(CC)(CC)[Si](Cl)(Cl)Cl. The Balaban J connectivity index is 4.54. The molecule has 0 N–H and O–H groups in total. The third kappa shape index (κ3) is 2.51. The first-order chi connectivity index (χ1) is 4.93. The van der Waals surface area contributed by atoms with Gasteiger partial charge in [-0.15, -0.1) is 33.2 Å². The van der Waals surface area contributed by atoms with Crippen molar-refractivity contribution in [2.75, 3.05) is 0 Å². The van der Waals surface area contributed by atoms with Crippen molar-refractivity contribution in [1.82, 2.24) is 0 Å². The van der Waals surface area contributed by atoms with Crippen molar-refractivity contribution in [1.29, 1.82) is 0 Å². The Hall–Kier alpha value is 1.09. The Morgan fingerprint density at radius 2 is 1.18 bits per heavy atom. The lowest BCUT2D eigenvalue weighted by Crippen LogP contribution is -2.31. The molecule has 0 aromatic rings. The Morgan fingerprint density at radius 1 is 0.909 bits per heavy atom. The molecule has 0 aliphatic rings. The average molecular weight is 234 g/mol. The van der Waals surface area contributed by atoms with E-state index in [1.165, 1.54) is 0 Å². The molecule has 0 atom stereocenters. The van der Waals surface area contributed by atoms with Crippen LogP contribution in [0.2, 0.25) is 5.04 Å². The molecular formula is C7H15Cl3Si. The summed E-state index contributed by atoms with van der Waals surface area (Å²) in [5.41, 5.74) is 0. The van der Waals surface area contributed by atoms with Crippen LogP contribution in [0, 0.1) is 0 Å². The smallest absolute Gasteiger partial charge is 0.125 e. The molecule has 0 radical (unpaired) electrons. The molecule has 68 valence electrons. The Kier molecular flexibility index (Phi) is 4.79. The molecule has 4 heteroatoms. The zero-order chi connectivity index (χ0) is 9.12. The molecule has 0 aliphatic carbocycles. The van der Waals surface area contributed by atoms with Crippen molar-refractivity contribution in [2.24, 2.45) is 0 Å². The van der Waals surface area contributed by atoms with Crippen LogP contribution in [0.25, 0.3) is 0 Å². The van der Waals surface area contributed by atoms with E-state index >= 15 is 0 Å². The fourth-order valence-electron chi connectivity index (χ4n) is 1.35. The fourth-order valence-corrected chi connectivity index (χ4v) is 6.16. The van der Waals surface area contributed by atoms with E-state index in [0.717, 1.165) is 19.3 Å². The molecule has 0 fully saturated rings. The summed E-state index contributed by atoms with van der Waals surface area (Å²) < 4.78 is 0. The van der Waals surface area contributed by atoms with Gasteiger partial charge in [0.15, 0.2) is 0 Å². The van der Waals surface area contributed by atoms with Crippen LogP contribution in [0.1, 0.15) is 40.0 Å². The summed E-state index contributed by atoms with van der Waals surface area (Å²) in [7, 11) is 0. The zero-order valence-electron chi connectivity index (χ0n) is 7.26. The van der Waals surface area contributed by atoms with Crippen LogP contribution in [-0.2, 0) is 0 Å². The van der Waals surface area contributed by atoms with E-state index in [-0.39, 0.29) is 5.04 Å². The molecule has 0 nitrogen and oxygen atoms in total. The molecular weight excluding hydrogens is 219 g/mol. The molecule has 0 aromatic heterocycles. The van der Waals surface area contributed by atoms with E-state index in [9.17, 15) is 0 Å². The van der Waals surface area contributed by atoms with Crippen molar-refractivity contribution < 1.29 is 0 Å². The largest absolute Gasteiger partial charge is 0.347 e. The highest BCUT2D eigenvalue weighted by Gasteiger charge is 2.47. The summed E-state index contributed by atoms with van der Waals surface area (Å²) >= 11 is 18.1. The maximum absolute atomic E-state index is 6.03. The zero-order valence-corrected chi connectivity index (χ0v) is 10.5. The normalized spacial score (nSPS) is 13.6. The molecule has 0 amide bonds. The van der Waals surface area contributed by atoms with Gasteiger partial charge in [-0.05, 0) is 19.3 Å². The molecule has 0 heterocycles. The van der Waals surface area contributed by atoms with Crippen LogP contribution >= 0.6 is 33.2 Å². The second kappa shape index (κ2) is 4.36. The van der Waals surface area contributed by atoms with Crippen molar-refractivity contribution in [3.63, 3.8) is 0 Å². The van der Waals surface area contributed by atoms with Crippen LogP contribution in [0.5, 0.6) is 0 Å². The van der Waals surface area contributed by atoms with Gasteiger partial charge < -0.3 is 0 Å². The topological polar surface area (TPSA) is 0 Å². The lowest BCUT2D eigenvalue weighted by molar-refractivity contribution is 0.496. The summed E-state index contributed by atoms with van der Waals surface area (Å²) in [5.74, 6) is 0. The minimum atomic E-state index is -2.52. The minimum Gasteiger partial charge on any atom is -0.125 e. The summed E-state index contributed by atoms with van der Waals surface area (Å²) in [6.45, 7) is 6.30. The van der Waals surface area contributed by atoms with Crippen LogP contribution in [0.15, 0.2) is 0 Å². The van der Waals surface area contributed by atoms with Gasteiger partial charge in [0.05, 0.1) is 0 Å². The fraction of sp³-hybridized carbons (Fsp3) is 1.00. The first-order valence-electron chi connectivity index (χ1n) is 4.00. The van der Waals surface area contributed by atoms with Crippen molar-refractivity contribution in [3.05, 3.63) is 0 Å². The summed E-state index contributed by atoms with van der Waals surface area (Å²) in [6, 6.07) is -2.52. The van der Waals surface area contributed by atoms with Crippen LogP contribution in [0.3, 0.4) is 0 Å². The summed E-state index contributed by atoms with van der Waals surface area (Å²) in [5, 5.41) is -0.00231. The predicted octanol–water partition coefficient (Wildman–Crippen LogP) is 4.61. The quantitative estimate of drug-likeness (QED) is 0.491. The van der Waals surface area contributed by atoms with Gasteiger partial charge in [0.25, 0.3) is 0 Å². The molecule has 0 spiro atoms. The van der Waals surface area contributed by atoms with E-state index in [1.54, 1.807) is 0 Å². The van der Waals surface area contributed by atoms with E-state index in [1.807, 2.05) is 0 Å². The molecule has 0 aromatic carbocycles. The van der Waals surface area contributed by atoms with Gasteiger partial charge in [-0.2, -0.15) is 0 Å². The van der Waals surface area contributed by atoms with E-state index in [2.05, 4.69) is 20.8 Å². The first-order valence-corrected chi connectivity index (χ1v) is 9.03. The van der Waals surface area contributed by atoms with E-state index in [4.69, 9.17) is 33.2 Å². The number of hydrogen-bond donors (Lipinski definition) is 0. The molecule has 0 rings (SSSR count). The molecule has 0 saturated carbocycles. The third-order valence-corrected chi connectivity index (χ3v) is 8.50. The monoisotopic (exact) mass is 232 g/mol. The third-order valence-electron chi connectivity index (χ3n) is 2.63. The first kappa shape index (κ1) is 12.1. The van der Waals surface area contributed by atoms with Crippen LogP contribution < -0.4 is 0 Å². The van der Waals surface area contributed by atoms with Crippen LogP contribution in [-0.4, -0.2) is 6.00 Å². The number of rotatable bonds is 4. The van der Waals surface area contributed by atoms with E-state index < -0.39 is 6.00 Å². The van der Waals surface area contributed by atoms with Crippen molar-refractivity contribution in [3.8, 4) is 0 Å². The van der Waals surface area contributed by atoms with Crippen molar-refractivity contribution in [2.45, 2.75) is 45.1 Å². The molecule has 0 unspecified atom stereocenters. The van der Waals surface area contributed by atoms with Gasteiger partial charge >= 0.3 is 6.00 Å².